The molecule has 0 saturated carbocycles. The van der Waals surface area contributed by atoms with E-state index >= 15 is 0 Å². The minimum atomic E-state index is -0.157. The van der Waals surface area contributed by atoms with Crippen molar-refractivity contribution < 1.29 is 9.53 Å². The number of nitrogens with zero attached hydrogens (tertiary/aromatic N) is 3. The normalized spacial score (nSPS) is 15.2. The van der Waals surface area contributed by atoms with Crippen LogP contribution in [0.25, 0.3) is 0 Å². The molecule has 0 radical (unpaired) electrons. The Morgan fingerprint density at radius 1 is 0.818 bits per heavy atom. The lowest BCUT2D eigenvalue weighted by Crippen LogP contribution is -2.54. The molecule has 33 heavy (non-hydrogen) atoms. The number of hydrogen-bond acceptors (Lipinski definition) is 4. The number of benzene rings is 3. The average molecular weight is 444 g/mol. The van der Waals surface area contributed by atoms with Gasteiger partial charge in [0.05, 0.1) is 13.2 Å². The SMILES string of the molecule is COc1ccc(N2CCN([C@@H](C)C(=O)N(Cc3ccccc3)Cc3ccccc3)CC2)cc1. The Balaban J connectivity index is 1.41. The lowest BCUT2D eigenvalue weighted by atomic mass is 10.1. The maximum atomic E-state index is 13.6. The largest absolute Gasteiger partial charge is 0.497 e. The second-order valence-corrected chi connectivity index (χ2v) is 8.56. The summed E-state index contributed by atoms with van der Waals surface area (Å²) in [5.41, 5.74) is 3.50. The van der Waals surface area contributed by atoms with Crippen molar-refractivity contribution in [3.8, 4) is 5.75 Å². The number of carbonyl (C=O) groups is 1. The molecule has 5 heteroatoms. The molecular formula is C28H33N3O2. The lowest BCUT2D eigenvalue weighted by molar-refractivity contribution is -0.137. The van der Waals surface area contributed by atoms with E-state index in [0.717, 1.165) is 43.1 Å². The number of methoxy groups -OCH3 is 1. The third-order valence-electron chi connectivity index (χ3n) is 6.40. The summed E-state index contributed by atoms with van der Waals surface area (Å²) in [5.74, 6) is 1.05. The van der Waals surface area contributed by atoms with E-state index in [-0.39, 0.29) is 11.9 Å². The Bertz CT molecular complexity index is 959. The molecular weight excluding hydrogens is 410 g/mol. The van der Waals surface area contributed by atoms with Gasteiger partial charge >= 0.3 is 0 Å². The van der Waals surface area contributed by atoms with Crippen LogP contribution in [0.1, 0.15) is 18.1 Å². The van der Waals surface area contributed by atoms with E-state index in [1.807, 2.05) is 60.4 Å². The molecule has 4 rings (SSSR count). The molecule has 1 amide bonds. The third-order valence-corrected chi connectivity index (χ3v) is 6.40. The van der Waals surface area contributed by atoms with E-state index in [9.17, 15) is 4.79 Å². The second kappa shape index (κ2) is 11.0. The predicted octanol–water partition coefficient (Wildman–Crippen LogP) is 4.43. The third kappa shape index (κ3) is 5.93. The standard InChI is InChI=1S/C28H33N3O2/c1-23(29-17-19-30(20-18-29)26-13-15-27(33-2)16-14-26)28(32)31(21-24-9-5-3-6-10-24)22-25-11-7-4-8-12-25/h3-16,23H,17-22H2,1-2H3/t23-/m0/s1. The van der Waals surface area contributed by atoms with Gasteiger partial charge in [-0.3, -0.25) is 9.69 Å². The summed E-state index contributed by atoms with van der Waals surface area (Å²) < 4.78 is 5.27. The molecule has 3 aromatic rings. The molecule has 1 fully saturated rings. The van der Waals surface area contributed by atoms with E-state index in [1.165, 1.54) is 5.69 Å². The topological polar surface area (TPSA) is 36.0 Å². The molecule has 1 aliphatic rings. The Hall–Kier alpha value is -3.31. The highest BCUT2D eigenvalue weighted by molar-refractivity contribution is 5.81. The molecule has 1 atom stereocenters. The van der Waals surface area contributed by atoms with Crippen molar-refractivity contribution in [1.82, 2.24) is 9.80 Å². The molecule has 1 aliphatic heterocycles. The van der Waals surface area contributed by atoms with E-state index < -0.39 is 0 Å². The maximum Gasteiger partial charge on any atom is 0.240 e. The van der Waals surface area contributed by atoms with Crippen molar-refractivity contribution in [2.75, 3.05) is 38.2 Å². The number of ether oxygens (including phenoxy) is 1. The number of carbonyl (C=O) groups excluding carboxylic acids is 1. The van der Waals surface area contributed by atoms with Crippen molar-refractivity contribution in [3.05, 3.63) is 96.1 Å². The summed E-state index contributed by atoms with van der Waals surface area (Å²) in [6, 6.07) is 28.5. The Morgan fingerprint density at radius 2 is 1.33 bits per heavy atom. The van der Waals surface area contributed by atoms with Gasteiger partial charge < -0.3 is 14.5 Å². The number of anilines is 1. The van der Waals surface area contributed by atoms with Gasteiger partial charge in [-0.25, -0.2) is 0 Å². The summed E-state index contributed by atoms with van der Waals surface area (Å²) in [6.07, 6.45) is 0. The van der Waals surface area contributed by atoms with Crippen LogP contribution in [0.4, 0.5) is 5.69 Å². The van der Waals surface area contributed by atoms with Crippen molar-refractivity contribution in [2.45, 2.75) is 26.1 Å². The van der Waals surface area contributed by atoms with E-state index in [1.54, 1.807) is 7.11 Å². The van der Waals surface area contributed by atoms with E-state index in [4.69, 9.17) is 4.74 Å². The quantitative estimate of drug-likeness (QED) is 0.516. The number of amides is 1. The first-order chi connectivity index (χ1) is 16.1. The molecule has 0 N–H and O–H groups in total. The van der Waals surface area contributed by atoms with Crippen LogP contribution >= 0.6 is 0 Å². The van der Waals surface area contributed by atoms with Crippen LogP contribution in [0.2, 0.25) is 0 Å². The molecule has 172 valence electrons. The van der Waals surface area contributed by atoms with Crippen LogP contribution < -0.4 is 9.64 Å². The maximum absolute atomic E-state index is 13.6. The minimum absolute atomic E-state index is 0.157. The van der Waals surface area contributed by atoms with Gasteiger partial charge in [0.1, 0.15) is 5.75 Å². The Kier molecular flexibility index (Phi) is 7.63. The fourth-order valence-corrected chi connectivity index (χ4v) is 4.40. The van der Waals surface area contributed by atoms with Crippen molar-refractivity contribution in [3.63, 3.8) is 0 Å². The molecule has 0 aliphatic carbocycles. The summed E-state index contributed by atoms with van der Waals surface area (Å²) >= 11 is 0. The van der Waals surface area contributed by atoms with Crippen LogP contribution in [0.5, 0.6) is 5.75 Å². The smallest absolute Gasteiger partial charge is 0.240 e. The Morgan fingerprint density at radius 3 is 1.82 bits per heavy atom. The van der Waals surface area contributed by atoms with E-state index in [0.29, 0.717) is 13.1 Å². The molecule has 0 spiro atoms. The number of hydrogen-bond donors (Lipinski definition) is 0. The van der Waals surface area contributed by atoms with E-state index in [2.05, 4.69) is 46.2 Å². The summed E-state index contributed by atoms with van der Waals surface area (Å²) in [7, 11) is 1.69. The van der Waals surface area contributed by atoms with Gasteiger partial charge in [-0.05, 0) is 42.3 Å². The molecule has 3 aromatic carbocycles. The summed E-state index contributed by atoms with van der Waals surface area (Å²) in [6.45, 7) is 6.82. The zero-order chi connectivity index (χ0) is 23.0. The highest BCUT2D eigenvalue weighted by atomic mass is 16.5. The molecule has 1 saturated heterocycles. The summed E-state index contributed by atoms with van der Waals surface area (Å²) in [5, 5.41) is 0. The fourth-order valence-electron chi connectivity index (χ4n) is 4.40. The van der Waals surface area contributed by atoms with Gasteiger partial charge in [-0.1, -0.05) is 60.7 Å². The molecule has 5 nitrogen and oxygen atoms in total. The second-order valence-electron chi connectivity index (χ2n) is 8.56. The first kappa shape index (κ1) is 22.9. The van der Waals surface area contributed by atoms with Crippen LogP contribution in [0.15, 0.2) is 84.9 Å². The van der Waals surface area contributed by atoms with Crippen LogP contribution in [0.3, 0.4) is 0 Å². The highest BCUT2D eigenvalue weighted by Crippen LogP contribution is 2.22. The lowest BCUT2D eigenvalue weighted by Gasteiger charge is -2.40. The van der Waals surface area contributed by atoms with Gasteiger partial charge in [0.2, 0.25) is 5.91 Å². The Labute approximate surface area is 197 Å². The average Bonchev–Trinajstić information content (AvgIpc) is 2.89. The van der Waals surface area contributed by atoms with Gasteiger partial charge in [-0.15, -0.1) is 0 Å². The zero-order valence-corrected chi connectivity index (χ0v) is 19.6. The molecule has 1 heterocycles. The van der Waals surface area contributed by atoms with Crippen molar-refractivity contribution >= 4 is 11.6 Å². The molecule has 0 aromatic heterocycles. The highest BCUT2D eigenvalue weighted by Gasteiger charge is 2.29. The molecule has 0 bridgehead atoms. The van der Waals surface area contributed by atoms with Gasteiger partial charge in [-0.2, -0.15) is 0 Å². The van der Waals surface area contributed by atoms with Gasteiger partial charge in [0.15, 0.2) is 0 Å². The van der Waals surface area contributed by atoms with Crippen molar-refractivity contribution in [1.29, 1.82) is 0 Å². The van der Waals surface area contributed by atoms with Crippen LogP contribution in [0, 0.1) is 0 Å². The monoisotopic (exact) mass is 443 g/mol. The van der Waals surface area contributed by atoms with Crippen LogP contribution in [-0.2, 0) is 17.9 Å². The first-order valence-electron chi connectivity index (χ1n) is 11.6. The number of piperazine rings is 1. The van der Waals surface area contributed by atoms with Crippen LogP contribution in [-0.4, -0.2) is 55.0 Å². The van der Waals surface area contributed by atoms with Gasteiger partial charge in [0, 0.05) is 45.0 Å². The minimum Gasteiger partial charge on any atom is -0.497 e. The predicted molar refractivity (Wildman–Crippen MR) is 133 cm³/mol. The number of rotatable bonds is 8. The molecule has 0 unspecified atom stereocenters. The van der Waals surface area contributed by atoms with Crippen molar-refractivity contribution in [2.24, 2.45) is 0 Å². The van der Waals surface area contributed by atoms with Gasteiger partial charge in [0.25, 0.3) is 0 Å². The summed E-state index contributed by atoms with van der Waals surface area (Å²) in [4.78, 5) is 20.3. The fraction of sp³-hybridized carbons (Fsp3) is 0.321. The first-order valence-corrected chi connectivity index (χ1v) is 11.6. The zero-order valence-electron chi connectivity index (χ0n) is 19.6.